The number of rotatable bonds is 16. The average Bonchev–Trinajstić information content (AvgIpc) is 3.30. The number of ether oxygens (including phenoxy) is 7. The van der Waals surface area contributed by atoms with Crippen molar-refractivity contribution in [2.75, 3.05) is 33.5 Å². The highest BCUT2D eigenvalue weighted by atomic mass is 35.5. The number of allylic oxidation sites excluding steroid dienone is 2. The highest BCUT2D eigenvalue weighted by Crippen LogP contribution is 2.36. The van der Waals surface area contributed by atoms with Gasteiger partial charge in [0.05, 0.1) is 37.1 Å². The minimum absolute atomic E-state index is 0.161. The van der Waals surface area contributed by atoms with Crippen molar-refractivity contribution in [3.05, 3.63) is 41.4 Å². The highest BCUT2D eigenvalue weighted by Gasteiger charge is 2.45. The molecule has 42 heavy (non-hydrogen) atoms. The fourth-order valence-corrected chi connectivity index (χ4v) is 5.86. The van der Waals surface area contributed by atoms with E-state index in [4.69, 9.17) is 44.8 Å². The van der Waals surface area contributed by atoms with Gasteiger partial charge >= 0.3 is 5.97 Å². The lowest BCUT2D eigenvalue weighted by Crippen LogP contribution is -2.40. The molecule has 7 atom stereocenters. The van der Waals surface area contributed by atoms with E-state index in [1.165, 1.54) is 7.11 Å². The summed E-state index contributed by atoms with van der Waals surface area (Å²) in [4.78, 5) is 11.4. The Kier molecular flexibility index (Phi) is 14.4. The van der Waals surface area contributed by atoms with Crippen molar-refractivity contribution in [2.24, 2.45) is 5.92 Å². The number of carbonyl (C=O) groups is 1. The van der Waals surface area contributed by atoms with Gasteiger partial charge in [0, 0.05) is 32.0 Å². The molecule has 0 radical (unpaired) electrons. The maximum Gasteiger partial charge on any atom is 0.305 e. The van der Waals surface area contributed by atoms with Crippen molar-refractivity contribution in [1.29, 1.82) is 0 Å². The monoisotopic (exact) mass is 610 g/mol. The first-order chi connectivity index (χ1) is 20.5. The molecule has 1 aliphatic carbocycles. The Balaban J connectivity index is 1.40. The van der Waals surface area contributed by atoms with Gasteiger partial charge in [0.15, 0.2) is 12.6 Å². The fourth-order valence-electron chi connectivity index (χ4n) is 5.67. The summed E-state index contributed by atoms with van der Waals surface area (Å²) < 4.78 is 41.7. The van der Waals surface area contributed by atoms with Crippen LogP contribution in [0.25, 0.3) is 0 Å². The van der Waals surface area contributed by atoms with E-state index in [2.05, 4.69) is 12.2 Å². The molecule has 3 unspecified atom stereocenters. The lowest BCUT2D eigenvalue weighted by molar-refractivity contribution is -0.226. The molecule has 1 aromatic carbocycles. The van der Waals surface area contributed by atoms with E-state index in [-0.39, 0.29) is 49.9 Å². The van der Waals surface area contributed by atoms with Crippen molar-refractivity contribution in [1.82, 2.24) is 0 Å². The number of hydrogen-bond donors (Lipinski definition) is 1. The van der Waals surface area contributed by atoms with E-state index in [9.17, 15) is 9.90 Å². The zero-order chi connectivity index (χ0) is 29.6. The number of para-hydroxylation sites is 1. The van der Waals surface area contributed by atoms with Gasteiger partial charge in [-0.2, -0.15) is 0 Å². The second-order valence-corrected chi connectivity index (χ2v) is 11.6. The number of aliphatic hydroxyl groups is 1. The molecular formula is C32H47ClO9. The van der Waals surface area contributed by atoms with Crippen LogP contribution in [0.5, 0.6) is 5.75 Å². The summed E-state index contributed by atoms with van der Waals surface area (Å²) in [5.74, 6) is 0.216. The molecule has 236 valence electrons. The molecule has 2 saturated heterocycles. The van der Waals surface area contributed by atoms with Gasteiger partial charge in [-0.15, -0.1) is 0 Å². The molecule has 9 nitrogen and oxygen atoms in total. The third kappa shape index (κ3) is 10.8. The van der Waals surface area contributed by atoms with Crippen LogP contribution in [0.15, 0.2) is 36.4 Å². The summed E-state index contributed by atoms with van der Waals surface area (Å²) >= 11 is 6.32. The van der Waals surface area contributed by atoms with Crippen LogP contribution in [0.1, 0.15) is 70.6 Å². The molecule has 0 amide bonds. The molecule has 3 aliphatic rings. The van der Waals surface area contributed by atoms with Gasteiger partial charge < -0.3 is 38.3 Å². The smallest absolute Gasteiger partial charge is 0.305 e. The molecule has 2 aliphatic heterocycles. The summed E-state index contributed by atoms with van der Waals surface area (Å²) in [6.45, 7) is 1.83. The Hall–Kier alpha value is -1.72. The third-order valence-electron chi connectivity index (χ3n) is 7.99. The van der Waals surface area contributed by atoms with Gasteiger partial charge in [-0.3, -0.25) is 4.79 Å². The zero-order valence-electron chi connectivity index (χ0n) is 24.7. The van der Waals surface area contributed by atoms with Crippen LogP contribution in [0.4, 0.5) is 0 Å². The van der Waals surface area contributed by atoms with E-state index in [1.54, 1.807) is 6.07 Å². The van der Waals surface area contributed by atoms with Gasteiger partial charge in [-0.1, -0.05) is 35.9 Å². The largest absolute Gasteiger partial charge is 0.489 e. The number of benzene rings is 1. The number of esters is 1. The zero-order valence-corrected chi connectivity index (χ0v) is 25.5. The molecule has 4 rings (SSSR count). The van der Waals surface area contributed by atoms with Crippen molar-refractivity contribution < 1.29 is 43.1 Å². The minimum atomic E-state index is -0.580. The molecule has 1 N–H and O–H groups in total. The number of methoxy groups -OCH3 is 1. The molecule has 0 aromatic heterocycles. The Bertz CT molecular complexity index is 948. The number of halogens is 1. The lowest BCUT2D eigenvalue weighted by Gasteiger charge is -2.32. The van der Waals surface area contributed by atoms with Crippen LogP contribution in [0.3, 0.4) is 0 Å². The second kappa shape index (κ2) is 18.2. The Morgan fingerprint density at radius 1 is 1.07 bits per heavy atom. The molecule has 10 heteroatoms. The summed E-state index contributed by atoms with van der Waals surface area (Å²) in [6.07, 6.45) is 10.6. The molecular weight excluding hydrogens is 564 g/mol. The fraction of sp³-hybridized carbons (Fsp3) is 0.719. The first-order valence-corrected chi connectivity index (χ1v) is 15.8. The second-order valence-electron chi connectivity index (χ2n) is 11.2. The maximum atomic E-state index is 11.4. The predicted octanol–water partition coefficient (Wildman–Crippen LogP) is 5.60. The molecule has 1 aromatic rings. The van der Waals surface area contributed by atoms with Gasteiger partial charge in [0.25, 0.3) is 0 Å². The topological polar surface area (TPSA) is 102 Å². The van der Waals surface area contributed by atoms with Crippen molar-refractivity contribution in [2.45, 2.75) is 108 Å². The van der Waals surface area contributed by atoms with Crippen LogP contribution >= 0.6 is 11.6 Å². The lowest BCUT2D eigenvalue weighted by atomic mass is 9.98. The van der Waals surface area contributed by atoms with Crippen LogP contribution in [0.2, 0.25) is 5.02 Å². The third-order valence-corrected chi connectivity index (χ3v) is 8.31. The standard InChI is InChI=1S/C32H47ClO9/c1-36-29(35)15-5-3-2-4-12-24-26(34)20-28(42-31-17-9-11-19-38-31)32(24)40-22-23(41-30-16-8-10-18-37-30)21-39-27-14-7-6-13-25(27)33/h2,4,6-7,13-14,23-24,26,28,30-32,34H,3,5,8-12,15-22H2,1H3/t23?,24-,26-,28+,30?,31?,32+/m0/s1. The Labute approximate surface area is 254 Å². The predicted molar refractivity (Wildman–Crippen MR) is 157 cm³/mol. The number of hydrogen-bond acceptors (Lipinski definition) is 9. The summed E-state index contributed by atoms with van der Waals surface area (Å²) in [7, 11) is 1.40. The molecule has 2 heterocycles. The van der Waals surface area contributed by atoms with E-state index >= 15 is 0 Å². The van der Waals surface area contributed by atoms with Crippen molar-refractivity contribution in [3.63, 3.8) is 0 Å². The van der Waals surface area contributed by atoms with Crippen LogP contribution in [-0.4, -0.2) is 81.6 Å². The van der Waals surface area contributed by atoms with Crippen LogP contribution in [0, 0.1) is 5.92 Å². The first kappa shape index (κ1) is 33.2. The van der Waals surface area contributed by atoms with Gasteiger partial charge in [0.2, 0.25) is 0 Å². The van der Waals surface area contributed by atoms with E-state index in [0.717, 1.165) is 51.4 Å². The first-order valence-electron chi connectivity index (χ1n) is 15.5. The highest BCUT2D eigenvalue weighted by molar-refractivity contribution is 6.32. The van der Waals surface area contributed by atoms with Gasteiger partial charge in [-0.05, 0) is 69.9 Å². The van der Waals surface area contributed by atoms with Crippen LogP contribution < -0.4 is 4.74 Å². The SMILES string of the molecule is COC(=O)CCCC=CC[C@@H]1[C@@H](OCC(COc2ccccc2Cl)OC2CCCCO2)[C@H](OC2CCCCO2)C[C@@H]1O. The average molecular weight is 611 g/mol. The number of carbonyl (C=O) groups excluding carboxylic acids is 1. The van der Waals surface area contributed by atoms with Crippen molar-refractivity contribution in [3.8, 4) is 5.75 Å². The maximum absolute atomic E-state index is 11.4. The number of aliphatic hydroxyl groups excluding tert-OH is 1. The quantitative estimate of drug-likeness (QED) is 0.146. The van der Waals surface area contributed by atoms with E-state index in [1.807, 2.05) is 18.2 Å². The molecule has 1 saturated carbocycles. The van der Waals surface area contributed by atoms with E-state index < -0.39 is 12.2 Å². The van der Waals surface area contributed by atoms with Crippen LogP contribution in [-0.2, 0) is 33.2 Å². The normalized spacial score (nSPS) is 29.0. The van der Waals surface area contributed by atoms with Gasteiger partial charge in [-0.25, -0.2) is 0 Å². The molecule has 0 bridgehead atoms. The summed E-state index contributed by atoms with van der Waals surface area (Å²) in [5, 5.41) is 11.6. The molecule has 3 fully saturated rings. The minimum Gasteiger partial charge on any atom is -0.489 e. The van der Waals surface area contributed by atoms with Crippen molar-refractivity contribution >= 4 is 17.6 Å². The Morgan fingerprint density at radius 2 is 1.83 bits per heavy atom. The van der Waals surface area contributed by atoms with E-state index in [0.29, 0.717) is 43.2 Å². The summed E-state index contributed by atoms with van der Waals surface area (Å²) in [6, 6.07) is 7.35. The Morgan fingerprint density at radius 3 is 2.55 bits per heavy atom. The van der Waals surface area contributed by atoms with Gasteiger partial charge in [0.1, 0.15) is 18.5 Å². The number of unbranched alkanes of at least 4 members (excludes halogenated alkanes) is 1. The molecule has 0 spiro atoms. The summed E-state index contributed by atoms with van der Waals surface area (Å²) in [5.41, 5.74) is 0.